The number of halogens is 1. The summed E-state index contributed by atoms with van der Waals surface area (Å²) < 4.78 is 4.98. The van der Waals surface area contributed by atoms with Gasteiger partial charge >= 0.3 is 0 Å². The third-order valence-electron chi connectivity index (χ3n) is 1.45. The summed E-state index contributed by atoms with van der Waals surface area (Å²) in [6.45, 7) is 1.83. The van der Waals surface area contributed by atoms with E-state index in [-0.39, 0.29) is 0 Å². The molecule has 2 N–H and O–H groups in total. The van der Waals surface area contributed by atoms with Gasteiger partial charge in [-0.2, -0.15) is 0 Å². The number of anilines is 1. The molecule has 0 atom stereocenters. The van der Waals surface area contributed by atoms with Crippen LogP contribution in [0.25, 0.3) is 0 Å². The van der Waals surface area contributed by atoms with Gasteiger partial charge in [-0.05, 0) is 6.92 Å². The zero-order valence-electron chi connectivity index (χ0n) is 6.39. The molecular weight excluding hydrogens is 164 g/mol. The number of hydrogen-bond donors (Lipinski definition) is 1. The molecule has 1 aromatic rings. The van der Waals surface area contributed by atoms with E-state index in [0.29, 0.717) is 16.6 Å². The summed E-state index contributed by atoms with van der Waals surface area (Å²) in [4.78, 5) is 3.83. The minimum absolute atomic E-state index is 0.370. The van der Waals surface area contributed by atoms with Gasteiger partial charge in [0.15, 0.2) is 11.6 Å². The molecule has 0 aliphatic carbocycles. The summed E-state index contributed by atoms with van der Waals surface area (Å²) in [5.41, 5.74) is 6.33. The highest BCUT2D eigenvalue weighted by Crippen LogP contribution is 2.28. The second kappa shape index (κ2) is 2.96. The minimum Gasteiger partial charge on any atom is -0.493 e. The van der Waals surface area contributed by atoms with Crippen molar-refractivity contribution < 1.29 is 4.74 Å². The lowest BCUT2D eigenvalue weighted by molar-refractivity contribution is 0.412. The number of nitrogen functional groups attached to an aromatic ring is 1. The molecule has 0 amide bonds. The Morgan fingerprint density at radius 1 is 1.64 bits per heavy atom. The smallest absolute Gasteiger partial charge is 0.166 e. The van der Waals surface area contributed by atoms with Gasteiger partial charge in [0.2, 0.25) is 0 Å². The average molecular weight is 173 g/mol. The summed E-state index contributed by atoms with van der Waals surface area (Å²) in [5.74, 6) is 0.923. The molecule has 11 heavy (non-hydrogen) atoms. The van der Waals surface area contributed by atoms with Gasteiger partial charge in [0.25, 0.3) is 0 Å². The predicted molar refractivity (Wildman–Crippen MR) is 44.9 cm³/mol. The summed E-state index contributed by atoms with van der Waals surface area (Å²) in [5, 5.41) is 0.566. The Morgan fingerprint density at radius 2 is 2.27 bits per heavy atom. The quantitative estimate of drug-likeness (QED) is 0.701. The molecule has 0 aliphatic rings. The molecule has 0 saturated carbocycles. The van der Waals surface area contributed by atoms with E-state index in [1.807, 2.05) is 6.92 Å². The van der Waals surface area contributed by atoms with Crippen LogP contribution in [-0.4, -0.2) is 12.1 Å². The number of nitrogens with zero attached hydrogens (tertiary/aromatic N) is 1. The van der Waals surface area contributed by atoms with Crippen molar-refractivity contribution in [1.29, 1.82) is 0 Å². The number of ether oxygens (including phenoxy) is 1. The van der Waals surface area contributed by atoms with Crippen LogP contribution in [0.15, 0.2) is 6.20 Å². The summed E-state index contributed by atoms with van der Waals surface area (Å²) in [7, 11) is 1.54. The topological polar surface area (TPSA) is 48.1 Å². The van der Waals surface area contributed by atoms with Crippen LogP contribution in [0.3, 0.4) is 0 Å². The van der Waals surface area contributed by atoms with E-state index in [2.05, 4.69) is 4.98 Å². The highest BCUT2D eigenvalue weighted by atomic mass is 35.5. The van der Waals surface area contributed by atoms with Gasteiger partial charge in [-0.3, -0.25) is 0 Å². The molecule has 0 unspecified atom stereocenters. The Kier molecular flexibility index (Phi) is 2.19. The second-order valence-electron chi connectivity index (χ2n) is 2.15. The Labute approximate surface area is 70.1 Å². The van der Waals surface area contributed by atoms with Crippen LogP contribution >= 0.6 is 11.6 Å². The average Bonchev–Trinajstić information content (AvgIpc) is 1.99. The van der Waals surface area contributed by atoms with Crippen LogP contribution in [0.1, 0.15) is 5.56 Å². The lowest BCUT2D eigenvalue weighted by Crippen LogP contribution is -1.97. The maximum atomic E-state index is 5.77. The molecule has 1 rings (SSSR count). The number of methoxy groups -OCH3 is 1. The summed E-state index contributed by atoms with van der Waals surface area (Å²) in [6.07, 6.45) is 1.51. The van der Waals surface area contributed by atoms with Crippen LogP contribution in [-0.2, 0) is 0 Å². The first kappa shape index (κ1) is 8.14. The molecule has 0 fully saturated rings. The van der Waals surface area contributed by atoms with Crippen molar-refractivity contribution in [2.24, 2.45) is 0 Å². The first-order valence-corrected chi connectivity index (χ1v) is 3.49. The Hall–Kier alpha value is -0.960. The molecule has 0 radical (unpaired) electrons. The Morgan fingerprint density at radius 3 is 2.73 bits per heavy atom. The third kappa shape index (κ3) is 1.38. The van der Waals surface area contributed by atoms with Crippen molar-refractivity contribution in [3.8, 4) is 5.75 Å². The lowest BCUT2D eigenvalue weighted by atomic mass is 10.2. The van der Waals surface area contributed by atoms with E-state index >= 15 is 0 Å². The number of rotatable bonds is 1. The summed E-state index contributed by atoms with van der Waals surface area (Å²) in [6, 6.07) is 0. The van der Waals surface area contributed by atoms with Crippen LogP contribution in [0, 0.1) is 6.92 Å². The molecule has 1 heterocycles. The largest absolute Gasteiger partial charge is 0.493 e. The van der Waals surface area contributed by atoms with Gasteiger partial charge in [0.1, 0.15) is 0 Å². The fraction of sp³-hybridized carbons (Fsp3) is 0.286. The second-order valence-corrected chi connectivity index (χ2v) is 2.56. The summed E-state index contributed by atoms with van der Waals surface area (Å²) >= 11 is 5.77. The Balaban J connectivity index is 3.29. The van der Waals surface area contributed by atoms with Crippen LogP contribution in [0.4, 0.5) is 5.82 Å². The number of pyridine rings is 1. The first-order chi connectivity index (χ1) is 5.16. The van der Waals surface area contributed by atoms with Gasteiger partial charge in [-0.25, -0.2) is 4.98 Å². The fourth-order valence-corrected chi connectivity index (χ4v) is 0.975. The number of hydrogen-bond acceptors (Lipinski definition) is 3. The van der Waals surface area contributed by atoms with Gasteiger partial charge < -0.3 is 10.5 Å². The van der Waals surface area contributed by atoms with Crippen molar-refractivity contribution in [2.45, 2.75) is 6.92 Å². The zero-order chi connectivity index (χ0) is 8.43. The van der Waals surface area contributed by atoms with E-state index in [4.69, 9.17) is 22.1 Å². The standard InChI is InChI=1S/C7H9ClN2O/c1-4-5(8)3-10-7(9)6(4)11-2/h3H,1-2H3,(H2,9,10). The number of nitrogens with two attached hydrogens (primary N) is 1. The molecular formula is C7H9ClN2O. The van der Waals surface area contributed by atoms with Gasteiger partial charge in [0.05, 0.1) is 12.1 Å². The minimum atomic E-state index is 0.370. The fourth-order valence-electron chi connectivity index (χ4n) is 0.840. The third-order valence-corrected chi connectivity index (χ3v) is 1.83. The Bertz CT molecular complexity index is 275. The van der Waals surface area contributed by atoms with Crippen molar-refractivity contribution in [3.05, 3.63) is 16.8 Å². The molecule has 0 bridgehead atoms. The van der Waals surface area contributed by atoms with Gasteiger partial charge in [-0.15, -0.1) is 0 Å². The maximum Gasteiger partial charge on any atom is 0.166 e. The van der Waals surface area contributed by atoms with E-state index < -0.39 is 0 Å². The molecule has 3 nitrogen and oxygen atoms in total. The molecule has 0 saturated heterocycles. The highest BCUT2D eigenvalue weighted by Gasteiger charge is 2.06. The van der Waals surface area contributed by atoms with Crippen molar-refractivity contribution in [3.63, 3.8) is 0 Å². The van der Waals surface area contributed by atoms with Gasteiger partial charge in [-0.1, -0.05) is 11.6 Å². The van der Waals surface area contributed by atoms with E-state index in [1.165, 1.54) is 13.3 Å². The van der Waals surface area contributed by atoms with Crippen LogP contribution in [0.5, 0.6) is 5.75 Å². The van der Waals surface area contributed by atoms with Gasteiger partial charge in [0, 0.05) is 11.8 Å². The van der Waals surface area contributed by atoms with E-state index in [1.54, 1.807) is 0 Å². The maximum absolute atomic E-state index is 5.77. The molecule has 0 aromatic carbocycles. The normalized spacial score (nSPS) is 9.73. The SMILES string of the molecule is COc1c(N)ncc(Cl)c1C. The molecule has 0 aliphatic heterocycles. The van der Waals surface area contributed by atoms with Crippen LogP contribution in [0.2, 0.25) is 5.02 Å². The molecule has 1 aromatic heterocycles. The zero-order valence-corrected chi connectivity index (χ0v) is 7.14. The van der Waals surface area contributed by atoms with Crippen molar-refractivity contribution >= 4 is 17.4 Å². The molecule has 4 heteroatoms. The predicted octanol–water partition coefficient (Wildman–Crippen LogP) is 1.63. The number of aromatic nitrogens is 1. The monoisotopic (exact) mass is 172 g/mol. The molecule has 60 valence electrons. The highest BCUT2D eigenvalue weighted by molar-refractivity contribution is 6.31. The van der Waals surface area contributed by atoms with Crippen LogP contribution < -0.4 is 10.5 Å². The van der Waals surface area contributed by atoms with E-state index in [0.717, 1.165) is 5.56 Å². The van der Waals surface area contributed by atoms with E-state index in [9.17, 15) is 0 Å². The first-order valence-electron chi connectivity index (χ1n) is 3.11. The lowest BCUT2D eigenvalue weighted by Gasteiger charge is -2.07. The van der Waals surface area contributed by atoms with Crippen molar-refractivity contribution in [1.82, 2.24) is 4.98 Å². The molecule has 0 spiro atoms. The van der Waals surface area contributed by atoms with Crippen molar-refractivity contribution in [2.75, 3.05) is 12.8 Å².